The topological polar surface area (TPSA) is 48.9 Å². The summed E-state index contributed by atoms with van der Waals surface area (Å²) in [5.41, 5.74) is 1.02. The van der Waals surface area contributed by atoms with Crippen LogP contribution >= 0.6 is 15.9 Å². The second-order valence-corrected chi connectivity index (χ2v) is 5.13. The number of halogens is 1. The maximum atomic E-state index is 9.79. The average molecular weight is 281 g/mol. The summed E-state index contributed by atoms with van der Waals surface area (Å²) < 4.78 is 1.04. The van der Waals surface area contributed by atoms with Gasteiger partial charge in [0.05, 0.1) is 11.9 Å². The second kappa shape index (κ2) is 4.03. The quantitative estimate of drug-likeness (QED) is 0.888. The lowest BCUT2D eigenvalue weighted by Gasteiger charge is -2.12. The van der Waals surface area contributed by atoms with Crippen LogP contribution in [0.3, 0.4) is 0 Å². The predicted molar refractivity (Wildman–Crippen MR) is 67.0 cm³/mol. The molecule has 16 heavy (non-hydrogen) atoms. The van der Waals surface area contributed by atoms with Crippen molar-refractivity contribution in [2.45, 2.75) is 19.4 Å². The van der Waals surface area contributed by atoms with Crippen molar-refractivity contribution in [2.75, 3.05) is 0 Å². The average Bonchev–Trinajstić information content (AvgIpc) is 2.67. The van der Waals surface area contributed by atoms with Crippen LogP contribution in [0.4, 0.5) is 0 Å². The van der Waals surface area contributed by atoms with E-state index in [4.69, 9.17) is 0 Å². The number of nitrogens with zero attached hydrogens (tertiary/aromatic N) is 1. The normalized spacial score (nSPS) is 11.8. The maximum Gasteiger partial charge on any atom is 0.138 e. The molecule has 2 aromatic rings. The van der Waals surface area contributed by atoms with Crippen LogP contribution in [-0.2, 0) is 5.60 Å². The summed E-state index contributed by atoms with van der Waals surface area (Å²) in [7, 11) is 0. The molecule has 0 aliphatic carbocycles. The lowest BCUT2D eigenvalue weighted by atomic mass is 10.1. The van der Waals surface area contributed by atoms with Gasteiger partial charge in [-0.1, -0.05) is 28.1 Å². The van der Waals surface area contributed by atoms with Crippen LogP contribution in [0.15, 0.2) is 34.9 Å². The molecular formula is C12H13BrN2O. The van der Waals surface area contributed by atoms with Crippen LogP contribution < -0.4 is 0 Å². The van der Waals surface area contributed by atoms with E-state index < -0.39 is 5.60 Å². The number of imidazole rings is 1. The van der Waals surface area contributed by atoms with E-state index in [-0.39, 0.29) is 0 Å². The van der Waals surface area contributed by atoms with Gasteiger partial charge in [0, 0.05) is 4.47 Å². The first kappa shape index (κ1) is 11.4. The number of hydrogen-bond acceptors (Lipinski definition) is 2. The van der Waals surface area contributed by atoms with E-state index in [9.17, 15) is 5.11 Å². The predicted octanol–water partition coefficient (Wildman–Crippen LogP) is 3.07. The van der Waals surface area contributed by atoms with Gasteiger partial charge >= 0.3 is 0 Å². The molecule has 84 valence electrons. The molecule has 2 N–H and O–H groups in total. The second-order valence-electron chi connectivity index (χ2n) is 4.21. The van der Waals surface area contributed by atoms with Gasteiger partial charge in [0.2, 0.25) is 0 Å². The van der Waals surface area contributed by atoms with E-state index in [1.807, 2.05) is 24.3 Å². The SMILES string of the molecule is CC(C)(O)c1ncc(-c2ccc(Br)cc2)[nH]1. The fourth-order valence-corrected chi connectivity index (χ4v) is 1.67. The van der Waals surface area contributed by atoms with Gasteiger partial charge in [-0.05, 0) is 31.5 Å². The fourth-order valence-electron chi connectivity index (χ4n) is 1.41. The summed E-state index contributed by atoms with van der Waals surface area (Å²) in [6.07, 6.45) is 1.73. The minimum Gasteiger partial charge on any atom is -0.383 e. The van der Waals surface area contributed by atoms with Crippen LogP contribution in [0.25, 0.3) is 11.3 Å². The molecule has 0 radical (unpaired) electrons. The summed E-state index contributed by atoms with van der Waals surface area (Å²) in [6, 6.07) is 7.93. The Balaban J connectivity index is 2.35. The first-order valence-electron chi connectivity index (χ1n) is 5.00. The van der Waals surface area contributed by atoms with Gasteiger partial charge in [-0.25, -0.2) is 4.98 Å². The van der Waals surface area contributed by atoms with Crippen LogP contribution in [0, 0.1) is 0 Å². The van der Waals surface area contributed by atoms with Gasteiger partial charge < -0.3 is 10.1 Å². The molecule has 0 fully saturated rings. The Labute approximate surface area is 103 Å². The molecule has 2 rings (SSSR count). The minimum atomic E-state index is -0.937. The first-order chi connectivity index (χ1) is 7.47. The summed E-state index contributed by atoms with van der Waals surface area (Å²) in [5.74, 6) is 0.574. The molecule has 0 spiro atoms. The molecule has 0 amide bonds. The van der Waals surface area contributed by atoms with Crippen molar-refractivity contribution in [1.29, 1.82) is 0 Å². The van der Waals surface area contributed by atoms with E-state index >= 15 is 0 Å². The molecular weight excluding hydrogens is 268 g/mol. The van der Waals surface area contributed by atoms with Gasteiger partial charge in [0.15, 0.2) is 0 Å². The van der Waals surface area contributed by atoms with Crippen LogP contribution in [0.2, 0.25) is 0 Å². The minimum absolute atomic E-state index is 0.574. The standard InChI is InChI=1S/C12H13BrN2O/c1-12(2,16)11-14-7-10(15-11)8-3-5-9(13)6-4-8/h3-7,16H,1-2H3,(H,14,15). The Kier molecular flexibility index (Phi) is 2.86. The van der Waals surface area contributed by atoms with Crippen LogP contribution in [-0.4, -0.2) is 15.1 Å². The zero-order chi connectivity index (χ0) is 11.8. The summed E-state index contributed by atoms with van der Waals surface area (Å²) in [4.78, 5) is 7.28. The number of aromatic amines is 1. The van der Waals surface area contributed by atoms with Gasteiger partial charge in [0.1, 0.15) is 11.4 Å². The molecule has 3 nitrogen and oxygen atoms in total. The van der Waals surface area contributed by atoms with Crippen molar-refractivity contribution in [3.05, 3.63) is 40.8 Å². The Morgan fingerprint density at radius 1 is 1.25 bits per heavy atom. The first-order valence-corrected chi connectivity index (χ1v) is 5.80. The van der Waals surface area contributed by atoms with Crippen molar-refractivity contribution >= 4 is 15.9 Å². The third-order valence-corrected chi connectivity index (χ3v) is 2.84. The van der Waals surface area contributed by atoms with Gasteiger partial charge in [-0.15, -0.1) is 0 Å². The molecule has 1 heterocycles. The van der Waals surface area contributed by atoms with Crippen molar-refractivity contribution in [2.24, 2.45) is 0 Å². The number of rotatable bonds is 2. The molecule has 4 heteroatoms. The number of aromatic nitrogens is 2. The number of aliphatic hydroxyl groups is 1. The highest BCUT2D eigenvalue weighted by Crippen LogP contribution is 2.23. The summed E-state index contributed by atoms with van der Waals surface area (Å²) in [6.45, 7) is 3.41. The third kappa shape index (κ3) is 2.33. The Morgan fingerprint density at radius 3 is 2.38 bits per heavy atom. The lowest BCUT2D eigenvalue weighted by molar-refractivity contribution is 0.0697. The largest absolute Gasteiger partial charge is 0.383 e. The van der Waals surface area contributed by atoms with Crippen LogP contribution in [0.5, 0.6) is 0 Å². The molecule has 1 aromatic heterocycles. The maximum absolute atomic E-state index is 9.79. The molecule has 0 saturated carbocycles. The molecule has 0 bridgehead atoms. The van der Waals surface area contributed by atoms with Crippen molar-refractivity contribution in [1.82, 2.24) is 9.97 Å². The number of nitrogens with one attached hydrogen (secondary N) is 1. The highest BCUT2D eigenvalue weighted by atomic mass is 79.9. The van der Waals surface area contributed by atoms with Crippen molar-refractivity contribution < 1.29 is 5.11 Å². The number of H-pyrrole nitrogens is 1. The van der Waals surface area contributed by atoms with Crippen molar-refractivity contribution in [3.8, 4) is 11.3 Å². The number of hydrogen-bond donors (Lipinski definition) is 2. The third-order valence-electron chi connectivity index (χ3n) is 2.31. The van der Waals surface area contributed by atoms with Gasteiger partial charge in [0.25, 0.3) is 0 Å². The Hall–Kier alpha value is -1.13. The molecule has 1 aromatic carbocycles. The highest BCUT2D eigenvalue weighted by Gasteiger charge is 2.19. The summed E-state index contributed by atoms with van der Waals surface area (Å²) in [5, 5.41) is 9.79. The van der Waals surface area contributed by atoms with E-state index in [0.29, 0.717) is 5.82 Å². The molecule has 0 aliphatic rings. The zero-order valence-corrected chi connectivity index (χ0v) is 10.7. The lowest BCUT2D eigenvalue weighted by Crippen LogP contribution is -2.17. The highest BCUT2D eigenvalue weighted by molar-refractivity contribution is 9.10. The summed E-state index contributed by atoms with van der Waals surface area (Å²) >= 11 is 3.39. The van der Waals surface area contributed by atoms with Crippen LogP contribution in [0.1, 0.15) is 19.7 Å². The van der Waals surface area contributed by atoms with E-state index in [0.717, 1.165) is 15.7 Å². The zero-order valence-electron chi connectivity index (χ0n) is 9.16. The van der Waals surface area contributed by atoms with E-state index in [2.05, 4.69) is 25.9 Å². The monoisotopic (exact) mass is 280 g/mol. The molecule has 0 atom stereocenters. The van der Waals surface area contributed by atoms with Gasteiger partial charge in [-0.2, -0.15) is 0 Å². The smallest absolute Gasteiger partial charge is 0.138 e. The fraction of sp³-hybridized carbons (Fsp3) is 0.250. The Morgan fingerprint density at radius 2 is 1.88 bits per heavy atom. The Bertz CT molecular complexity index is 482. The molecule has 0 aliphatic heterocycles. The van der Waals surface area contributed by atoms with Crippen molar-refractivity contribution in [3.63, 3.8) is 0 Å². The molecule has 0 saturated heterocycles. The molecule has 0 unspecified atom stereocenters. The van der Waals surface area contributed by atoms with E-state index in [1.165, 1.54) is 0 Å². The number of benzene rings is 1. The van der Waals surface area contributed by atoms with E-state index in [1.54, 1.807) is 20.0 Å². The van der Waals surface area contributed by atoms with Gasteiger partial charge in [-0.3, -0.25) is 0 Å².